The minimum atomic E-state index is 0.205. The molecule has 0 unspecified atom stereocenters. The van der Waals surface area contributed by atoms with Gasteiger partial charge in [0.1, 0.15) is 0 Å². The van der Waals surface area contributed by atoms with Gasteiger partial charge in [-0.1, -0.05) is 13.3 Å². The molecule has 106 valence electrons. The smallest absolute Gasteiger partial charge is 0.236 e. The maximum atomic E-state index is 11.8. The topological polar surface area (TPSA) is 44.8 Å². The standard InChI is InChI=1S/C13H27N3O2/c1-3-4-10-18-11-5-14-12-13(17)16-8-6-15(2)7-9-16/h14H,3-12H2,1-2H3. The fourth-order valence-electron chi connectivity index (χ4n) is 1.86. The molecule has 1 aliphatic heterocycles. The number of piperazine rings is 1. The second kappa shape index (κ2) is 9.30. The summed E-state index contributed by atoms with van der Waals surface area (Å²) in [4.78, 5) is 16.0. The molecular weight excluding hydrogens is 230 g/mol. The Hall–Kier alpha value is -0.650. The predicted molar refractivity (Wildman–Crippen MR) is 72.7 cm³/mol. The molecule has 18 heavy (non-hydrogen) atoms. The van der Waals surface area contributed by atoms with Crippen molar-refractivity contribution in [3.8, 4) is 0 Å². The molecule has 5 heteroatoms. The third-order valence-electron chi connectivity index (χ3n) is 3.20. The first-order chi connectivity index (χ1) is 8.74. The van der Waals surface area contributed by atoms with E-state index < -0.39 is 0 Å². The number of hydrogen-bond acceptors (Lipinski definition) is 4. The lowest BCUT2D eigenvalue weighted by molar-refractivity contribution is -0.131. The number of hydrogen-bond donors (Lipinski definition) is 1. The highest BCUT2D eigenvalue weighted by Gasteiger charge is 2.17. The number of carbonyl (C=O) groups excluding carboxylic acids is 1. The van der Waals surface area contributed by atoms with Gasteiger partial charge in [-0.3, -0.25) is 4.79 Å². The van der Waals surface area contributed by atoms with Crippen LogP contribution in [0, 0.1) is 0 Å². The van der Waals surface area contributed by atoms with Gasteiger partial charge in [0.2, 0.25) is 5.91 Å². The average Bonchev–Trinajstić information content (AvgIpc) is 2.38. The molecule has 5 nitrogen and oxygen atoms in total. The first-order valence-corrected chi connectivity index (χ1v) is 6.98. The zero-order valence-corrected chi connectivity index (χ0v) is 11.8. The quantitative estimate of drug-likeness (QED) is 0.630. The molecule has 1 amide bonds. The Balaban J connectivity index is 1.96. The summed E-state index contributed by atoms with van der Waals surface area (Å²) >= 11 is 0. The summed E-state index contributed by atoms with van der Waals surface area (Å²) in [5, 5.41) is 3.14. The Morgan fingerprint density at radius 2 is 1.94 bits per heavy atom. The number of unbranched alkanes of at least 4 members (excludes halogenated alkanes) is 1. The van der Waals surface area contributed by atoms with Crippen LogP contribution in [0.25, 0.3) is 0 Å². The number of ether oxygens (including phenoxy) is 1. The van der Waals surface area contributed by atoms with Crippen LogP contribution in [0.1, 0.15) is 19.8 Å². The van der Waals surface area contributed by atoms with E-state index in [1.54, 1.807) is 0 Å². The van der Waals surface area contributed by atoms with Crippen LogP contribution in [0.4, 0.5) is 0 Å². The van der Waals surface area contributed by atoms with Crippen molar-refractivity contribution in [1.29, 1.82) is 0 Å². The lowest BCUT2D eigenvalue weighted by atomic mass is 10.3. The van der Waals surface area contributed by atoms with Crippen LogP contribution in [0.3, 0.4) is 0 Å². The molecule has 0 aromatic rings. The summed E-state index contributed by atoms with van der Waals surface area (Å²) in [7, 11) is 2.09. The summed E-state index contributed by atoms with van der Waals surface area (Å²) in [6, 6.07) is 0. The van der Waals surface area contributed by atoms with E-state index >= 15 is 0 Å². The number of rotatable bonds is 8. The number of amides is 1. The number of carbonyl (C=O) groups is 1. The van der Waals surface area contributed by atoms with E-state index in [0.29, 0.717) is 13.2 Å². The molecule has 1 saturated heterocycles. The first kappa shape index (κ1) is 15.4. The van der Waals surface area contributed by atoms with Gasteiger partial charge >= 0.3 is 0 Å². The molecule has 1 heterocycles. The maximum absolute atomic E-state index is 11.8. The minimum absolute atomic E-state index is 0.205. The van der Waals surface area contributed by atoms with Gasteiger partial charge in [0.05, 0.1) is 13.2 Å². The van der Waals surface area contributed by atoms with Crippen molar-refractivity contribution in [3.05, 3.63) is 0 Å². The molecule has 0 aromatic carbocycles. The normalized spacial score (nSPS) is 17.1. The Labute approximate surface area is 110 Å². The number of nitrogens with zero attached hydrogens (tertiary/aromatic N) is 2. The van der Waals surface area contributed by atoms with E-state index in [2.05, 4.69) is 24.2 Å². The SMILES string of the molecule is CCCCOCCNCC(=O)N1CCN(C)CC1. The van der Waals surface area contributed by atoms with E-state index in [0.717, 1.165) is 52.2 Å². The van der Waals surface area contributed by atoms with Crippen molar-refractivity contribution in [1.82, 2.24) is 15.1 Å². The lowest BCUT2D eigenvalue weighted by Crippen LogP contribution is -2.49. The average molecular weight is 257 g/mol. The van der Waals surface area contributed by atoms with Crippen LogP contribution in [0.5, 0.6) is 0 Å². The zero-order valence-electron chi connectivity index (χ0n) is 11.8. The van der Waals surface area contributed by atoms with Crippen LogP contribution >= 0.6 is 0 Å². The van der Waals surface area contributed by atoms with Crippen molar-refractivity contribution >= 4 is 5.91 Å². The molecule has 0 saturated carbocycles. The van der Waals surface area contributed by atoms with Crippen LogP contribution in [0.15, 0.2) is 0 Å². The van der Waals surface area contributed by atoms with Gasteiger partial charge in [-0.25, -0.2) is 0 Å². The first-order valence-electron chi connectivity index (χ1n) is 6.98. The fraction of sp³-hybridized carbons (Fsp3) is 0.923. The van der Waals surface area contributed by atoms with Crippen LogP contribution in [-0.2, 0) is 9.53 Å². The van der Waals surface area contributed by atoms with Gasteiger partial charge in [0.25, 0.3) is 0 Å². The van der Waals surface area contributed by atoms with E-state index in [4.69, 9.17) is 4.74 Å². The largest absolute Gasteiger partial charge is 0.380 e. The molecule has 1 rings (SSSR count). The monoisotopic (exact) mass is 257 g/mol. The molecule has 0 spiro atoms. The highest BCUT2D eigenvalue weighted by molar-refractivity contribution is 5.78. The highest BCUT2D eigenvalue weighted by Crippen LogP contribution is 1.98. The molecule has 0 radical (unpaired) electrons. The van der Waals surface area contributed by atoms with Crippen LogP contribution in [-0.4, -0.2) is 75.2 Å². The number of likely N-dealkylation sites (N-methyl/N-ethyl adjacent to an activating group) is 1. The summed E-state index contributed by atoms with van der Waals surface area (Å²) in [6.07, 6.45) is 2.27. The lowest BCUT2D eigenvalue weighted by Gasteiger charge is -2.32. The molecule has 1 N–H and O–H groups in total. The Morgan fingerprint density at radius 1 is 1.22 bits per heavy atom. The molecular formula is C13H27N3O2. The Bertz CT molecular complexity index is 228. The van der Waals surface area contributed by atoms with E-state index in [1.807, 2.05) is 4.90 Å². The van der Waals surface area contributed by atoms with Crippen molar-refractivity contribution in [2.75, 3.05) is 59.5 Å². The van der Waals surface area contributed by atoms with Crippen LogP contribution < -0.4 is 5.32 Å². The van der Waals surface area contributed by atoms with Crippen molar-refractivity contribution in [2.45, 2.75) is 19.8 Å². The zero-order chi connectivity index (χ0) is 13.2. The molecule has 0 atom stereocenters. The highest BCUT2D eigenvalue weighted by atomic mass is 16.5. The van der Waals surface area contributed by atoms with Crippen LogP contribution in [0.2, 0.25) is 0 Å². The van der Waals surface area contributed by atoms with Crippen molar-refractivity contribution < 1.29 is 9.53 Å². The van der Waals surface area contributed by atoms with E-state index in [9.17, 15) is 4.79 Å². The van der Waals surface area contributed by atoms with E-state index in [1.165, 1.54) is 0 Å². The number of nitrogens with one attached hydrogen (secondary N) is 1. The van der Waals surface area contributed by atoms with Crippen molar-refractivity contribution in [2.24, 2.45) is 0 Å². The third kappa shape index (κ3) is 6.33. The van der Waals surface area contributed by atoms with Gasteiger partial charge in [0, 0.05) is 39.3 Å². The van der Waals surface area contributed by atoms with Gasteiger partial charge in [-0.2, -0.15) is 0 Å². The minimum Gasteiger partial charge on any atom is -0.380 e. The third-order valence-corrected chi connectivity index (χ3v) is 3.20. The molecule has 0 bridgehead atoms. The summed E-state index contributed by atoms with van der Waals surface area (Å²) < 4.78 is 5.42. The van der Waals surface area contributed by atoms with Gasteiger partial charge in [-0.05, 0) is 13.5 Å². The Kier molecular flexibility index (Phi) is 7.96. The maximum Gasteiger partial charge on any atom is 0.236 e. The second-order valence-electron chi connectivity index (χ2n) is 4.83. The molecule has 1 aliphatic rings. The van der Waals surface area contributed by atoms with Gasteiger partial charge in [-0.15, -0.1) is 0 Å². The summed E-state index contributed by atoms with van der Waals surface area (Å²) in [5.74, 6) is 0.205. The molecule has 0 aliphatic carbocycles. The summed E-state index contributed by atoms with van der Waals surface area (Å²) in [5.41, 5.74) is 0. The second-order valence-corrected chi connectivity index (χ2v) is 4.83. The Morgan fingerprint density at radius 3 is 2.61 bits per heavy atom. The van der Waals surface area contributed by atoms with Crippen molar-refractivity contribution in [3.63, 3.8) is 0 Å². The van der Waals surface area contributed by atoms with Gasteiger partial charge in [0.15, 0.2) is 0 Å². The molecule has 0 aromatic heterocycles. The fourth-order valence-corrected chi connectivity index (χ4v) is 1.86. The summed E-state index contributed by atoms with van der Waals surface area (Å²) in [6.45, 7) is 8.51. The van der Waals surface area contributed by atoms with E-state index in [-0.39, 0.29) is 5.91 Å². The predicted octanol–water partition coefficient (Wildman–Crippen LogP) is 0.167. The van der Waals surface area contributed by atoms with Gasteiger partial charge < -0.3 is 19.9 Å². The molecule has 1 fully saturated rings.